The van der Waals surface area contributed by atoms with Crippen molar-refractivity contribution in [3.63, 3.8) is 0 Å². The number of anilines is 1. The van der Waals surface area contributed by atoms with Crippen LogP contribution in [0.25, 0.3) is 0 Å². The second kappa shape index (κ2) is 5.62. The van der Waals surface area contributed by atoms with Gasteiger partial charge in [-0.25, -0.2) is 9.37 Å². The fourth-order valence-electron chi connectivity index (χ4n) is 1.28. The molecule has 0 aliphatic heterocycles. The van der Waals surface area contributed by atoms with Gasteiger partial charge in [-0.15, -0.1) is 0 Å². The highest BCUT2D eigenvalue weighted by atomic mass is 127. The van der Waals surface area contributed by atoms with Gasteiger partial charge in [0.2, 0.25) is 0 Å². The van der Waals surface area contributed by atoms with Gasteiger partial charge in [0.15, 0.2) is 0 Å². The summed E-state index contributed by atoms with van der Waals surface area (Å²) in [5.74, 6) is -0.507. The van der Waals surface area contributed by atoms with Crippen LogP contribution < -0.4 is 5.32 Å². The lowest BCUT2D eigenvalue weighted by atomic mass is 10.2. The van der Waals surface area contributed by atoms with E-state index in [1.807, 2.05) is 6.07 Å². The van der Waals surface area contributed by atoms with Crippen molar-refractivity contribution in [2.45, 2.75) is 0 Å². The highest BCUT2D eigenvalue weighted by Crippen LogP contribution is 2.17. The highest BCUT2D eigenvalue weighted by molar-refractivity contribution is 14.1. The number of nitrogens with one attached hydrogen (secondary N) is 1. The van der Waals surface area contributed by atoms with Gasteiger partial charge in [-0.05, 0) is 52.9 Å². The van der Waals surface area contributed by atoms with Crippen molar-refractivity contribution in [1.82, 2.24) is 4.98 Å². The molecular weight excluding hydrogens is 370 g/mol. The Hall–Kier alpha value is -1.21. The molecule has 1 aromatic carbocycles. The first-order valence-corrected chi connectivity index (χ1v) is 6.40. The minimum Gasteiger partial charge on any atom is -0.307 e. The SMILES string of the molecule is O=C(Nc1ccc(I)cn1)c1ccc(F)c(Cl)c1. The Kier molecular flexibility index (Phi) is 4.13. The van der Waals surface area contributed by atoms with E-state index in [0.29, 0.717) is 5.82 Å². The molecule has 6 heteroatoms. The summed E-state index contributed by atoms with van der Waals surface area (Å²) in [6.45, 7) is 0. The van der Waals surface area contributed by atoms with E-state index in [2.05, 4.69) is 32.9 Å². The summed E-state index contributed by atoms with van der Waals surface area (Å²) in [5.41, 5.74) is 0.279. The Balaban J connectivity index is 2.16. The van der Waals surface area contributed by atoms with E-state index in [1.165, 1.54) is 12.1 Å². The molecule has 0 fully saturated rings. The number of carbonyl (C=O) groups is 1. The average Bonchev–Trinajstić information content (AvgIpc) is 2.35. The quantitative estimate of drug-likeness (QED) is 0.812. The molecule has 0 radical (unpaired) electrons. The van der Waals surface area contributed by atoms with Gasteiger partial charge in [0.05, 0.1) is 5.02 Å². The summed E-state index contributed by atoms with van der Waals surface area (Å²) in [6.07, 6.45) is 1.63. The molecule has 1 N–H and O–H groups in total. The minimum absolute atomic E-state index is 0.0850. The van der Waals surface area contributed by atoms with Crippen LogP contribution in [0.4, 0.5) is 10.2 Å². The number of carbonyl (C=O) groups excluding carboxylic acids is 1. The molecular formula is C12H7ClFIN2O. The van der Waals surface area contributed by atoms with Crippen molar-refractivity contribution in [3.8, 4) is 0 Å². The molecule has 0 saturated carbocycles. The Bertz CT molecular complexity index is 589. The van der Waals surface area contributed by atoms with Crippen LogP contribution in [0.5, 0.6) is 0 Å². The third-order valence-electron chi connectivity index (χ3n) is 2.15. The van der Waals surface area contributed by atoms with Crippen LogP contribution in [0, 0.1) is 9.39 Å². The van der Waals surface area contributed by atoms with E-state index in [1.54, 1.807) is 12.3 Å². The second-order valence-electron chi connectivity index (χ2n) is 3.44. The summed E-state index contributed by atoms with van der Waals surface area (Å²) in [5, 5.41) is 2.51. The molecule has 0 atom stereocenters. The van der Waals surface area contributed by atoms with Crippen molar-refractivity contribution in [1.29, 1.82) is 0 Å². The number of pyridine rings is 1. The first kappa shape index (κ1) is 13.2. The number of amides is 1. The zero-order valence-corrected chi connectivity index (χ0v) is 11.9. The maximum absolute atomic E-state index is 13.0. The molecule has 2 aromatic rings. The van der Waals surface area contributed by atoms with Crippen molar-refractivity contribution >= 4 is 45.9 Å². The summed E-state index contributed by atoms with van der Waals surface area (Å²) in [6, 6.07) is 7.30. The monoisotopic (exact) mass is 376 g/mol. The molecule has 0 spiro atoms. The lowest BCUT2D eigenvalue weighted by molar-refractivity contribution is 0.102. The van der Waals surface area contributed by atoms with Gasteiger partial charge in [0.1, 0.15) is 11.6 Å². The fourth-order valence-corrected chi connectivity index (χ4v) is 1.78. The van der Waals surface area contributed by atoms with Crippen LogP contribution in [0.3, 0.4) is 0 Å². The first-order valence-electron chi connectivity index (χ1n) is 4.94. The number of halogens is 3. The van der Waals surface area contributed by atoms with Crippen LogP contribution >= 0.6 is 34.2 Å². The van der Waals surface area contributed by atoms with Crippen LogP contribution in [0.2, 0.25) is 5.02 Å². The summed E-state index contributed by atoms with van der Waals surface area (Å²) >= 11 is 7.73. The second-order valence-corrected chi connectivity index (χ2v) is 5.10. The Morgan fingerprint density at radius 2 is 2.11 bits per heavy atom. The van der Waals surface area contributed by atoms with E-state index < -0.39 is 5.82 Å². The number of nitrogens with zero attached hydrogens (tertiary/aromatic N) is 1. The minimum atomic E-state index is -0.555. The molecule has 18 heavy (non-hydrogen) atoms. The van der Waals surface area contributed by atoms with E-state index in [4.69, 9.17) is 11.6 Å². The largest absolute Gasteiger partial charge is 0.307 e. The fraction of sp³-hybridized carbons (Fsp3) is 0. The molecule has 3 nitrogen and oxygen atoms in total. The molecule has 0 unspecified atom stereocenters. The van der Waals surface area contributed by atoms with Crippen LogP contribution in [-0.2, 0) is 0 Å². The number of rotatable bonds is 2. The van der Waals surface area contributed by atoms with E-state index in [9.17, 15) is 9.18 Å². The maximum atomic E-state index is 13.0. The molecule has 1 amide bonds. The van der Waals surface area contributed by atoms with Crippen molar-refractivity contribution in [2.24, 2.45) is 0 Å². The summed E-state index contributed by atoms with van der Waals surface area (Å²) < 4.78 is 13.9. The van der Waals surface area contributed by atoms with Crippen LogP contribution in [-0.4, -0.2) is 10.9 Å². The van der Waals surface area contributed by atoms with Crippen molar-refractivity contribution in [2.75, 3.05) is 5.32 Å². The summed E-state index contributed by atoms with van der Waals surface area (Å²) in [4.78, 5) is 15.9. The molecule has 0 saturated heterocycles. The van der Waals surface area contributed by atoms with Crippen molar-refractivity contribution < 1.29 is 9.18 Å². The molecule has 0 bridgehead atoms. The van der Waals surface area contributed by atoms with Gasteiger partial charge < -0.3 is 5.32 Å². The van der Waals surface area contributed by atoms with E-state index in [-0.39, 0.29) is 16.5 Å². The molecule has 0 aliphatic carbocycles. The van der Waals surface area contributed by atoms with Gasteiger partial charge >= 0.3 is 0 Å². The zero-order chi connectivity index (χ0) is 13.1. The number of aromatic nitrogens is 1. The number of hydrogen-bond donors (Lipinski definition) is 1. The Morgan fingerprint density at radius 3 is 2.72 bits per heavy atom. The molecule has 1 heterocycles. The predicted molar refractivity (Wildman–Crippen MR) is 76.3 cm³/mol. The Labute approximate surface area is 122 Å². The molecule has 1 aromatic heterocycles. The number of hydrogen-bond acceptors (Lipinski definition) is 2. The van der Waals surface area contributed by atoms with Crippen LogP contribution in [0.1, 0.15) is 10.4 Å². The maximum Gasteiger partial charge on any atom is 0.256 e. The van der Waals surface area contributed by atoms with Crippen LogP contribution in [0.15, 0.2) is 36.5 Å². The highest BCUT2D eigenvalue weighted by Gasteiger charge is 2.09. The van der Waals surface area contributed by atoms with E-state index in [0.717, 1.165) is 9.64 Å². The third-order valence-corrected chi connectivity index (χ3v) is 3.08. The molecule has 0 aliphatic rings. The number of benzene rings is 1. The Morgan fingerprint density at radius 1 is 1.33 bits per heavy atom. The van der Waals surface area contributed by atoms with Gasteiger partial charge in [0.25, 0.3) is 5.91 Å². The van der Waals surface area contributed by atoms with Gasteiger partial charge in [-0.3, -0.25) is 4.79 Å². The standard InChI is InChI=1S/C12H7ClFIN2O/c13-9-5-7(1-3-10(9)14)12(18)17-11-4-2-8(15)6-16-11/h1-6H,(H,16,17,18). The zero-order valence-electron chi connectivity index (χ0n) is 8.95. The summed E-state index contributed by atoms with van der Waals surface area (Å²) in [7, 11) is 0. The lowest BCUT2D eigenvalue weighted by Crippen LogP contribution is -2.13. The van der Waals surface area contributed by atoms with Crippen molar-refractivity contribution in [3.05, 3.63) is 56.5 Å². The molecule has 2 rings (SSSR count). The predicted octanol–water partition coefficient (Wildman–Crippen LogP) is 3.73. The van der Waals surface area contributed by atoms with Gasteiger partial charge in [0, 0.05) is 15.3 Å². The van der Waals surface area contributed by atoms with Gasteiger partial charge in [-0.2, -0.15) is 0 Å². The normalized spacial score (nSPS) is 10.2. The van der Waals surface area contributed by atoms with Gasteiger partial charge in [-0.1, -0.05) is 11.6 Å². The lowest BCUT2D eigenvalue weighted by Gasteiger charge is -2.05. The smallest absolute Gasteiger partial charge is 0.256 e. The molecule has 92 valence electrons. The average molecular weight is 377 g/mol. The first-order chi connectivity index (χ1) is 8.56. The topological polar surface area (TPSA) is 42.0 Å². The van der Waals surface area contributed by atoms with E-state index >= 15 is 0 Å². The third kappa shape index (κ3) is 3.17.